The Hall–Kier alpha value is -5.00. The van der Waals surface area contributed by atoms with Crippen molar-refractivity contribution in [3.63, 3.8) is 0 Å². The molecule has 0 aliphatic heterocycles. The number of aliphatic imine (C=N–C) groups is 1. The number of rotatable bonds is 9. The smallest absolute Gasteiger partial charge is 0.133 e. The van der Waals surface area contributed by atoms with Gasteiger partial charge in [0, 0.05) is 16.7 Å². The van der Waals surface area contributed by atoms with Crippen LogP contribution in [0.2, 0.25) is 0 Å². The lowest BCUT2D eigenvalue weighted by Gasteiger charge is -2.11. The second-order valence-electron chi connectivity index (χ2n) is 10.6. The van der Waals surface area contributed by atoms with Gasteiger partial charge in [0.1, 0.15) is 33.0 Å². The van der Waals surface area contributed by atoms with Crippen LogP contribution < -0.4 is 10.1 Å². The summed E-state index contributed by atoms with van der Waals surface area (Å²) >= 11 is 1.64. The van der Waals surface area contributed by atoms with Crippen LogP contribution in [0.1, 0.15) is 36.5 Å². The lowest BCUT2D eigenvalue weighted by atomic mass is 10.0. The molecule has 0 amide bonds. The van der Waals surface area contributed by atoms with Crippen LogP contribution in [0.3, 0.4) is 0 Å². The molecule has 0 aliphatic rings. The van der Waals surface area contributed by atoms with Crippen molar-refractivity contribution in [2.45, 2.75) is 26.3 Å². The summed E-state index contributed by atoms with van der Waals surface area (Å²) in [5, 5.41) is 5.58. The molecule has 1 aromatic heterocycles. The number of ether oxygens (including phenoxy) is 1. The van der Waals surface area contributed by atoms with E-state index in [1.54, 1.807) is 11.3 Å². The molecule has 0 atom stereocenters. The highest BCUT2D eigenvalue weighted by atomic mass is 32.1. The SMILES string of the molecule is CC(C)c1ccc(Oc2ccc(CN=C(Nc3sc(-c4ccccc4)nc3-c3ccccc3)c3ccccc3)cc2)cc1. The summed E-state index contributed by atoms with van der Waals surface area (Å²) in [7, 11) is 0. The highest BCUT2D eigenvalue weighted by molar-refractivity contribution is 7.19. The minimum absolute atomic E-state index is 0.496. The van der Waals surface area contributed by atoms with Crippen LogP contribution in [-0.2, 0) is 6.54 Å². The molecule has 1 heterocycles. The lowest BCUT2D eigenvalue weighted by molar-refractivity contribution is 0.482. The molecule has 1 N–H and O–H groups in total. The van der Waals surface area contributed by atoms with Gasteiger partial charge in [-0.3, -0.25) is 4.99 Å². The van der Waals surface area contributed by atoms with Gasteiger partial charge in [0.2, 0.25) is 0 Å². The van der Waals surface area contributed by atoms with Gasteiger partial charge in [0.15, 0.2) is 0 Å². The molecule has 212 valence electrons. The zero-order valence-corrected chi connectivity index (χ0v) is 25.1. The van der Waals surface area contributed by atoms with E-state index in [-0.39, 0.29) is 0 Å². The molecule has 0 spiro atoms. The second-order valence-corrected chi connectivity index (χ2v) is 11.6. The predicted molar refractivity (Wildman–Crippen MR) is 180 cm³/mol. The van der Waals surface area contributed by atoms with Crippen molar-refractivity contribution in [1.29, 1.82) is 0 Å². The van der Waals surface area contributed by atoms with E-state index >= 15 is 0 Å². The van der Waals surface area contributed by atoms with Crippen molar-refractivity contribution in [3.05, 3.63) is 156 Å². The summed E-state index contributed by atoms with van der Waals surface area (Å²) in [6.45, 7) is 4.90. The molecule has 43 heavy (non-hydrogen) atoms. The third-order valence-electron chi connectivity index (χ3n) is 7.10. The maximum atomic E-state index is 6.08. The van der Waals surface area contributed by atoms with Crippen LogP contribution in [0.15, 0.2) is 145 Å². The second kappa shape index (κ2) is 13.3. The number of nitrogens with zero attached hydrogens (tertiary/aromatic N) is 2. The Balaban J connectivity index is 1.26. The number of nitrogens with one attached hydrogen (secondary N) is 1. The highest BCUT2D eigenvalue weighted by Crippen LogP contribution is 2.38. The minimum Gasteiger partial charge on any atom is -0.457 e. The first-order chi connectivity index (χ1) is 21.1. The number of anilines is 1. The summed E-state index contributed by atoms with van der Waals surface area (Å²) in [5.41, 5.74) is 6.47. The van der Waals surface area contributed by atoms with Crippen molar-refractivity contribution >= 4 is 22.2 Å². The molecule has 6 aromatic rings. The van der Waals surface area contributed by atoms with Gasteiger partial charge in [-0.1, -0.05) is 140 Å². The Morgan fingerprint density at radius 3 is 1.86 bits per heavy atom. The fourth-order valence-electron chi connectivity index (χ4n) is 4.70. The van der Waals surface area contributed by atoms with E-state index in [1.807, 2.05) is 78.9 Å². The van der Waals surface area contributed by atoms with Gasteiger partial charge in [-0.05, 0) is 41.3 Å². The third-order valence-corrected chi connectivity index (χ3v) is 8.12. The van der Waals surface area contributed by atoms with E-state index in [2.05, 4.69) is 79.8 Å². The molecule has 4 nitrogen and oxygen atoms in total. The molecule has 0 aliphatic carbocycles. The van der Waals surface area contributed by atoms with E-state index in [0.29, 0.717) is 12.5 Å². The zero-order valence-electron chi connectivity index (χ0n) is 24.3. The Morgan fingerprint density at radius 2 is 1.26 bits per heavy atom. The fourth-order valence-corrected chi connectivity index (χ4v) is 5.69. The van der Waals surface area contributed by atoms with Gasteiger partial charge >= 0.3 is 0 Å². The summed E-state index contributed by atoms with van der Waals surface area (Å²) in [6.07, 6.45) is 0. The van der Waals surface area contributed by atoms with Crippen molar-refractivity contribution in [3.8, 4) is 33.3 Å². The standard InChI is InChI=1S/C38H33N3OS/c1-27(2)29-20-24-34(25-21-29)42-33-22-18-28(19-23-33)26-39-36(31-14-8-4-9-15-31)41-38-35(30-12-6-3-7-13-30)40-37(43-38)32-16-10-5-11-17-32/h3-25,27H,26H2,1-2H3,(H,39,41). The maximum absolute atomic E-state index is 6.08. The van der Waals surface area contributed by atoms with Crippen LogP contribution in [0.5, 0.6) is 11.5 Å². The summed E-state index contributed by atoms with van der Waals surface area (Å²) in [6, 6.07) is 47.3. The summed E-state index contributed by atoms with van der Waals surface area (Å²) < 4.78 is 6.08. The van der Waals surface area contributed by atoms with Crippen LogP contribution in [0, 0.1) is 0 Å². The van der Waals surface area contributed by atoms with Crippen molar-refractivity contribution in [2.75, 3.05) is 5.32 Å². The molecular formula is C38H33N3OS. The van der Waals surface area contributed by atoms with Gasteiger partial charge in [-0.25, -0.2) is 4.98 Å². The molecule has 0 saturated heterocycles. The minimum atomic E-state index is 0.496. The van der Waals surface area contributed by atoms with Gasteiger partial charge in [-0.15, -0.1) is 0 Å². The maximum Gasteiger partial charge on any atom is 0.133 e. The van der Waals surface area contributed by atoms with Crippen molar-refractivity contribution in [1.82, 2.24) is 4.98 Å². The predicted octanol–water partition coefficient (Wildman–Crippen LogP) is 10.5. The normalized spacial score (nSPS) is 11.5. The molecule has 5 heteroatoms. The van der Waals surface area contributed by atoms with Crippen LogP contribution in [0.25, 0.3) is 21.8 Å². The Kier molecular flexibility index (Phi) is 8.72. The number of amidine groups is 1. The molecular weight excluding hydrogens is 547 g/mol. The fraction of sp³-hybridized carbons (Fsp3) is 0.105. The number of benzene rings is 5. The van der Waals surface area contributed by atoms with E-state index in [0.717, 1.165) is 55.3 Å². The Bertz CT molecular complexity index is 1780. The molecule has 0 fully saturated rings. The molecule has 6 rings (SSSR count). The molecule has 0 unspecified atom stereocenters. The first-order valence-electron chi connectivity index (χ1n) is 14.5. The lowest BCUT2D eigenvalue weighted by Crippen LogP contribution is -2.14. The number of aromatic nitrogens is 1. The summed E-state index contributed by atoms with van der Waals surface area (Å²) in [5.74, 6) is 2.93. The quantitative estimate of drug-likeness (QED) is 0.137. The third kappa shape index (κ3) is 7.08. The van der Waals surface area contributed by atoms with Crippen LogP contribution >= 0.6 is 11.3 Å². The van der Waals surface area contributed by atoms with Gasteiger partial charge in [0.25, 0.3) is 0 Å². The topological polar surface area (TPSA) is 46.5 Å². The molecule has 0 bridgehead atoms. The van der Waals surface area contributed by atoms with E-state index < -0.39 is 0 Å². The van der Waals surface area contributed by atoms with E-state index in [9.17, 15) is 0 Å². The molecule has 0 saturated carbocycles. The Morgan fingerprint density at radius 1 is 0.698 bits per heavy atom. The van der Waals surface area contributed by atoms with Crippen LogP contribution in [0.4, 0.5) is 5.00 Å². The summed E-state index contributed by atoms with van der Waals surface area (Å²) in [4.78, 5) is 10.1. The monoisotopic (exact) mass is 579 g/mol. The molecule has 0 radical (unpaired) electrons. The van der Waals surface area contributed by atoms with Gasteiger partial charge in [0.05, 0.1) is 6.54 Å². The highest BCUT2D eigenvalue weighted by Gasteiger charge is 2.17. The zero-order chi connectivity index (χ0) is 29.4. The van der Waals surface area contributed by atoms with Gasteiger partial charge < -0.3 is 10.1 Å². The number of hydrogen-bond donors (Lipinski definition) is 1. The largest absolute Gasteiger partial charge is 0.457 e. The Labute approximate surface area is 257 Å². The average molecular weight is 580 g/mol. The first-order valence-corrected chi connectivity index (χ1v) is 15.3. The molecule has 5 aromatic carbocycles. The number of hydrogen-bond acceptors (Lipinski definition) is 4. The van der Waals surface area contributed by atoms with Crippen LogP contribution in [-0.4, -0.2) is 10.8 Å². The van der Waals surface area contributed by atoms with E-state index in [4.69, 9.17) is 14.7 Å². The van der Waals surface area contributed by atoms with E-state index in [1.165, 1.54) is 5.56 Å². The number of thiazole rings is 1. The van der Waals surface area contributed by atoms with Gasteiger partial charge in [-0.2, -0.15) is 0 Å². The average Bonchev–Trinajstić information content (AvgIpc) is 3.49. The van der Waals surface area contributed by atoms with Crippen molar-refractivity contribution < 1.29 is 4.74 Å². The first kappa shape index (κ1) is 28.1. The van der Waals surface area contributed by atoms with Crippen molar-refractivity contribution in [2.24, 2.45) is 4.99 Å².